The molecule has 120 valence electrons. The van der Waals surface area contributed by atoms with Crippen LogP contribution in [0.5, 0.6) is 0 Å². The number of unbranched alkanes of at least 4 members (excludes halogenated alkanes) is 2. The number of aromatic nitrogens is 2. The van der Waals surface area contributed by atoms with Crippen molar-refractivity contribution in [2.45, 2.75) is 53.4 Å². The van der Waals surface area contributed by atoms with Crippen LogP contribution < -0.4 is 0 Å². The molecule has 2 aromatic heterocycles. The molecule has 4 nitrogen and oxygen atoms in total. The molecule has 0 fully saturated rings. The van der Waals surface area contributed by atoms with Crippen molar-refractivity contribution < 1.29 is 4.79 Å². The van der Waals surface area contributed by atoms with Crippen molar-refractivity contribution in [1.29, 1.82) is 0 Å². The van der Waals surface area contributed by atoms with Crippen LogP contribution in [0.1, 0.15) is 61.3 Å². The molecule has 0 aliphatic heterocycles. The number of carbonyl (C=O) groups is 1. The Hall–Kier alpha value is -1.84. The molecule has 4 heteroatoms. The molecule has 0 spiro atoms. The zero-order valence-electron chi connectivity index (χ0n) is 14.2. The van der Waals surface area contributed by atoms with E-state index in [4.69, 9.17) is 0 Å². The maximum atomic E-state index is 13.0. The molecule has 2 rings (SSSR count). The Kier molecular flexibility index (Phi) is 5.58. The lowest BCUT2D eigenvalue weighted by Gasteiger charge is -2.22. The Morgan fingerprint density at radius 3 is 2.41 bits per heavy atom. The molecule has 2 aromatic rings. The van der Waals surface area contributed by atoms with Gasteiger partial charge in [-0.2, -0.15) is 0 Å². The molecule has 0 bridgehead atoms. The van der Waals surface area contributed by atoms with Gasteiger partial charge in [0, 0.05) is 19.3 Å². The van der Waals surface area contributed by atoms with Crippen LogP contribution in [0, 0.1) is 13.8 Å². The minimum absolute atomic E-state index is 0.107. The number of nitrogens with zero attached hydrogens (tertiary/aromatic N) is 3. The summed E-state index contributed by atoms with van der Waals surface area (Å²) >= 11 is 0. The van der Waals surface area contributed by atoms with Crippen molar-refractivity contribution in [2.75, 3.05) is 13.1 Å². The van der Waals surface area contributed by atoms with E-state index in [0.29, 0.717) is 5.69 Å². The van der Waals surface area contributed by atoms with E-state index in [1.807, 2.05) is 41.5 Å². The van der Waals surface area contributed by atoms with E-state index in [9.17, 15) is 4.79 Å². The van der Waals surface area contributed by atoms with E-state index in [-0.39, 0.29) is 5.91 Å². The maximum Gasteiger partial charge on any atom is 0.272 e. The molecule has 1 amide bonds. The van der Waals surface area contributed by atoms with Gasteiger partial charge in [0.15, 0.2) is 0 Å². The van der Waals surface area contributed by atoms with Gasteiger partial charge in [0.1, 0.15) is 11.3 Å². The van der Waals surface area contributed by atoms with Crippen LogP contribution in [0.15, 0.2) is 18.3 Å². The van der Waals surface area contributed by atoms with Crippen LogP contribution >= 0.6 is 0 Å². The summed E-state index contributed by atoms with van der Waals surface area (Å²) < 4.78 is 1.93. The number of carbonyl (C=O) groups excluding carboxylic acids is 1. The Balaban J connectivity index is 2.34. The minimum Gasteiger partial charge on any atom is -0.337 e. The highest BCUT2D eigenvalue weighted by atomic mass is 16.2. The van der Waals surface area contributed by atoms with Crippen molar-refractivity contribution in [3.05, 3.63) is 35.3 Å². The molecule has 0 aromatic carbocycles. The normalized spacial score (nSPS) is 11.1. The van der Waals surface area contributed by atoms with Crippen molar-refractivity contribution >= 4 is 11.6 Å². The Bertz CT molecular complexity index is 637. The van der Waals surface area contributed by atoms with Crippen LogP contribution in [0.3, 0.4) is 0 Å². The number of rotatable bonds is 7. The SMILES string of the molecule is CCCCN(CCCC)C(=O)c1c(C)nc2cc(C)ccn12. The van der Waals surface area contributed by atoms with Gasteiger partial charge >= 0.3 is 0 Å². The molecule has 0 aliphatic rings. The monoisotopic (exact) mass is 301 g/mol. The number of amides is 1. The summed E-state index contributed by atoms with van der Waals surface area (Å²) in [7, 11) is 0. The standard InChI is InChI=1S/C18H27N3O/c1-5-7-10-20(11-8-6-2)18(22)17-15(4)19-16-13-14(3)9-12-21(16)17/h9,12-13H,5-8,10-11H2,1-4H3. The molecule has 2 heterocycles. The van der Waals surface area contributed by atoms with Crippen molar-refractivity contribution in [2.24, 2.45) is 0 Å². The van der Waals surface area contributed by atoms with Gasteiger partial charge in [-0.1, -0.05) is 26.7 Å². The molecule has 0 radical (unpaired) electrons. The summed E-state index contributed by atoms with van der Waals surface area (Å²) in [5, 5.41) is 0. The fourth-order valence-electron chi connectivity index (χ4n) is 2.68. The van der Waals surface area contributed by atoms with Gasteiger partial charge in [-0.25, -0.2) is 4.98 Å². The third-order valence-corrected chi connectivity index (χ3v) is 4.01. The summed E-state index contributed by atoms with van der Waals surface area (Å²) in [5.74, 6) is 0.107. The van der Waals surface area contributed by atoms with E-state index in [2.05, 4.69) is 18.8 Å². The summed E-state index contributed by atoms with van der Waals surface area (Å²) in [5.41, 5.74) is 3.54. The second-order valence-electron chi connectivity index (χ2n) is 5.98. The molecular formula is C18H27N3O. The van der Waals surface area contributed by atoms with Gasteiger partial charge in [0.05, 0.1) is 5.69 Å². The minimum atomic E-state index is 0.107. The van der Waals surface area contributed by atoms with Gasteiger partial charge in [-0.3, -0.25) is 9.20 Å². The zero-order valence-corrected chi connectivity index (χ0v) is 14.2. The van der Waals surface area contributed by atoms with Crippen LogP contribution in [0.25, 0.3) is 5.65 Å². The smallest absolute Gasteiger partial charge is 0.272 e. The average molecular weight is 301 g/mol. The third-order valence-electron chi connectivity index (χ3n) is 4.01. The topological polar surface area (TPSA) is 37.6 Å². The molecule has 0 saturated carbocycles. The first-order valence-electron chi connectivity index (χ1n) is 8.33. The van der Waals surface area contributed by atoms with Crippen LogP contribution in [-0.4, -0.2) is 33.3 Å². The lowest BCUT2D eigenvalue weighted by atomic mass is 10.2. The van der Waals surface area contributed by atoms with Crippen LogP contribution in [0.4, 0.5) is 0 Å². The fraction of sp³-hybridized carbons (Fsp3) is 0.556. The quantitative estimate of drug-likeness (QED) is 0.775. The lowest BCUT2D eigenvalue weighted by molar-refractivity contribution is 0.0743. The fourth-order valence-corrected chi connectivity index (χ4v) is 2.68. The molecule has 0 saturated heterocycles. The van der Waals surface area contributed by atoms with Crippen molar-refractivity contribution in [3.8, 4) is 0 Å². The van der Waals surface area contributed by atoms with Gasteiger partial charge < -0.3 is 4.90 Å². The van der Waals surface area contributed by atoms with E-state index in [1.54, 1.807) is 0 Å². The third kappa shape index (κ3) is 3.49. The molecular weight excluding hydrogens is 274 g/mol. The molecule has 0 aliphatic carbocycles. The van der Waals surface area contributed by atoms with Crippen LogP contribution in [-0.2, 0) is 0 Å². The first-order chi connectivity index (χ1) is 10.6. The molecule has 0 N–H and O–H groups in total. The second kappa shape index (κ2) is 7.43. The lowest BCUT2D eigenvalue weighted by Crippen LogP contribution is -2.34. The number of hydrogen-bond acceptors (Lipinski definition) is 2. The van der Waals surface area contributed by atoms with Crippen molar-refractivity contribution in [3.63, 3.8) is 0 Å². The Morgan fingerprint density at radius 2 is 1.82 bits per heavy atom. The number of hydrogen-bond donors (Lipinski definition) is 0. The summed E-state index contributed by atoms with van der Waals surface area (Å²) in [6.45, 7) is 9.94. The summed E-state index contributed by atoms with van der Waals surface area (Å²) in [6, 6.07) is 4.04. The highest BCUT2D eigenvalue weighted by molar-refractivity contribution is 5.94. The molecule has 22 heavy (non-hydrogen) atoms. The summed E-state index contributed by atoms with van der Waals surface area (Å²) in [6.07, 6.45) is 6.24. The van der Waals surface area contributed by atoms with Gasteiger partial charge in [-0.05, 0) is 44.4 Å². The largest absolute Gasteiger partial charge is 0.337 e. The van der Waals surface area contributed by atoms with E-state index in [0.717, 1.165) is 55.7 Å². The highest BCUT2D eigenvalue weighted by Gasteiger charge is 2.21. The Morgan fingerprint density at radius 1 is 1.18 bits per heavy atom. The van der Waals surface area contributed by atoms with E-state index in [1.165, 1.54) is 0 Å². The second-order valence-corrected chi connectivity index (χ2v) is 5.98. The van der Waals surface area contributed by atoms with Gasteiger partial charge in [0.25, 0.3) is 5.91 Å². The van der Waals surface area contributed by atoms with Crippen LogP contribution in [0.2, 0.25) is 0 Å². The highest BCUT2D eigenvalue weighted by Crippen LogP contribution is 2.16. The molecule has 0 unspecified atom stereocenters. The van der Waals surface area contributed by atoms with Gasteiger partial charge in [-0.15, -0.1) is 0 Å². The predicted octanol–water partition coefficient (Wildman–Crippen LogP) is 3.99. The number of imidazole rings is 1. The van der Waals surface area contributed by atoms with Crippen molar-refractivity contribution in [1.82, 2.24) is 14.3 Å². The zero-order chi connectivity index (χ0) is 16.1. The summed E-state index contributed by atoms with van der Waals surface area (Å²) in [4.78, 5) is 19.5. The predicted molar refractivity (Wildman–Crippen MR) is 90.4 cm³/mol. The van der Waals surface area contributed by atoms with Gasteiger partial charge in [0.2, 0.25) is 0 Å². The maximum absolute atomic E-state index is 13.0. The number of fused-ring (bicyclic) bond motifs is 1. The first kappa shape index (κ1) is 16.5. The first-order valence-corrected chi connectivity index (χ1v) is 8.33. The average Bonchev–Trinajstić information content (AvgIpc) is 2.81. The van der Waals surface area contributed by atoms with E-state index < -0.39 is 0 Å². The van der Waals surface area contributed by atoms with E-state index >= 15 is 0 Å². The molecule has 0 atom stereocenters. The number of aryl methyl sites for hydroxylation is 2. The number of pyridine rings is 1. The Labute approximate surface area is 133 Å².